The van der Waals surface area contributed by atoms with Gasteiger partial charge in [-0.15, -0.1) is 0 Å². The van der Waals surface area contributed by atoms with Crippen molar-refractivity contribution in [1.82, 2.24) is 0 Å². The molecule has 0 spiro atoms. The zero-order chi connectivity index (χ0) is 6.36. The van der Waals surface area contributed by atoms with E-state index >= 15 is 0 Å². The Kier molecular flexibility index (Phi) is 0.979. The van der Waals surface area contributed by atoms with Crippen LogP contribution >= 0.6 is 0 Å². The minimum atomic E-state index is -2.78. The van der Waals surface area contributed by atoms with E-state index in [0.717, 1.165) is 5.57 Å². The Morgan fingerprint density at radius 2 is 2.12 bits per heavy atom. The summed E-state index contributed by atoms with van der Waals surface area (Å²) in [5.74, 6) is 0. The van der Waals surface area contributed by atoms with Gasteiger partial charge in [0.05, 0.1) is 5.25 Å². The molecule has 1 rings (SSSR count). The van der Waals surface area contributed by atoms with Gasteiger partial charge in [-0.3, -0.25) is 0 Å². The molecule has 2 nitrogen and oxygen atoms in total. The third-order valence-corrected chi connectivity index (χ3v) is 2.79. The number of hydrogen-bond donors (Lipinski definition) is 0. The van der Waals surface area contributed by atoms with Gasteiger partial charge >= 0.3 is 0 Å². The monoisotopic (exact) mass is 132 g/mol. The average molecular weight is 132 g/mol. The normalized spacial score (nSPS) is 28.1. The quantitative estimate of drug-likeness (QED) is 0.483. The first kappa shape index (κ1) is 5.82. The average Bonchev–Trinajstić information content (AvgIpc) is 2.13. The molecule has 0 aromatic heterocycles. The molecule has 1 saturated carbocycles. The van der Waals surface area contributed by atoms with E-state index < -0.39 is 9.84 Å². The maximum atomic E-state index is 10.5. The van der Waals surface area contributed by atoms with Gasteiger partial charge in [-0.2, -0.15) is 0 Å². The summed E-state index contributed by atoms with van der Waals surface area (Å²) in [6, 6.07) is 0. The smallest absolute Gasteiger partial charge is 0.154 e. The Bertz CT molecular complexity index is 213. The lowest BCUT2D eigenvalue weighted by atomic mass is 10.7. The maximum Gasteiger partial charge on any atom is 0.154 e. The van der Waals surface area contributed by atoms with Crippen molar-refractivity contribution in [1.29, 1.82) is 0 Å². The summed E-state index contributed by atoms with van der Waals surface area (Å²) in [7, 11) is -2.78. The first-order chi connectivity index (χ1) is 3.52. The fraction of sp³-hybridized carbons (Fsp3) is 0.600. The molecule has 0 amide bonds. The van der Waals surface area contributed by atoms with Crippen molar-refractivity contribution in [2.75, 3.05) is 6.26 Å². The molecule has 0 radical (unpaired) electrons. The number of sulfone groups is 1. The highest BCUT2D eigenvalue weighted by Gasteiger charge is 2.36. The van der Waals surface area contributed by atoms with Crippen LogP contribution in [0.2, 0.25) is 0 Å². The summed E-state index contributed by atoms with van der Waals surface area (Å²) in [6.45, 7) is 3.54. The van der Waals surface area contributed by atoms with E-state index in [0.29, 0.717) is 6.42 Å². The summed E-state index contributed by atoms with van der Waals surface area (Å²) in [4.78, 5) is 0. The molecule has 0 aromatic carbocycles. The summed E-state index contributed by atoms with van der Waals surface area (Å²) in [6.07, 6.45) is 1.93. The van der Waals surface area contributed by atoms with Gasteiger partial charge in [0.2, 0.25) is 0 Å². The molecular formula is C5H8O2S. The first-order valence-corrected chi connectivity index (χ1v) is 4.34. The summed E-state index contributed by atoms with van der Waals surface area (Å²) in [5, 5.41) is -0.206. The highest BCUT2D eigenvalue weighted by atomic mass is 32.2. The first-order valence-electron chi connectivity index (χ1n) is 2.38. The van der Waals surface area contributed by atoms with Crippen molar-refractivity contribution in [3.8, 4) is 0 Å². The van der Waals surface area contributed by atoms with Gasteiger partial charge in [-0.05, 0) is 6.42 Å². The van der Waals surface area contributed by atoms with E-state index in [4.69, 9.17) is 0 Å². The molecule has 0 N–H and O–H groups in total. The Balaban J connectivity index is 2.80. The second-order valence-corrected chi connectivity index (χ2v) is 4.41. The molecule has 8 heavy (non-hydrogen) atoms. The standard InChI is InChI=1S/C5H8O2S/c1-4-3-5(4)8(2,6)7/h5H,1,3H2,2H3. The van der Waals surface area contributed by atoms with Crippen molar-refractivity contribution >= 4 is 9.84 Å². The minimum absolute atomic E-state index is 0.206. The fourth-order valence-electron chi connectivity index (χ4n) is 0.633. The van der Waals surface area contributed by atoms with Gasteiger partial charge in [0.25, 0.3) is 0 Å². The van der Waals surface area contributed by atoms with Gasteiger partial charge in [-0.25, -0.2) is 8.42 Å². The predicted molar refractivity (Wildman–Crippen MR) is 32.4 cm³/mol. The maximum absolute atomic E-state index is 10.5. The zero-order valence-electron chi connectivity index (χ0n) is 4.72. The lowest BCUT2D eigenvalue weighted by Crippen LogP contribution is -2.01. The second-order valence-electron chi connectivity index (χ2n) is 2.18. The van der Waals surface area contributed by atoms with Crippen LogP contribution < -0.4 is 0 Å². The van der Waals surface area contributed by atoms with Crippen LogP contribution in [0.4, 0.5) is 0 Å². The van der Waals surface area contributed by atoms with E-state index in [1.165, 1.54) is 6.26 Å². The van der Waals surface area contributed by atoms with E-state index in [1.54, 1.807) is 0 Å². The van der Waals surface area contributed by atoms with Crippen LogP contribution in [-0.2, 0) is 9.84 Å². The fourth-order valence-corrected chi connectivity index (χ4v) is 1.76. The van der Waals surface area contributed by atoms with Gasteiger partial charge in [0.15, 0.2) is 9.84 Å². The van der Waals surface area contributed by atoms with Crippen LogP contribution in [0.5, 0.6) is 0 Å². The van der Waals surface area contributed by atoms with Crippen LogP contribution in [0.15, 0.2) is 12.2 Å². The summed E-state index contributed by atoms with van der Waals surface area (Å²) >= 11 is 0. The molecule has 0 heterocycles. The van der Waals surface area contributed by atoms with E-state index in [2.05, 4.69) is 6.58 Å². The van der Waals surface area contributed by atoms with Gasteiger partial charge in [0, 0.05) is 6.26 Å². The highest BCUT2D eigenvalue weighted by molar-refractivity contribution is 7.91. The molecule has 0 aliphatic heterocycles. The summed E-state index contributed by atoms with van der Waals surface area (Å²) in [5.41, 5.74) is 0.854. The SMILES string of the molecule is C=C1CC1S(C)(=O)=O. The van der Waals surface area contributed by atoms with Crippen molar-refractivity contribution < 1.29 is 8.42 Å². The number of rotatable bonds is 1. The van der Waals surface area contributed by atoms with Crippen LogP contribution in [0.25, 0.3) is 0 Å². The third kappa shape index (κ3) is 0.916. The van der Waals surface area contributed by atoms with Gasteiger partial charge in [0.1, 0.15) is 0 Å². The van der Waals surface area contributed by atoms with Crippen molar-refractivity contribution in [2.45, 2.75) is 11.7 Å². The van der Waals surface area contributed by atoms with Crippen LogP contribution in [0.1, 0.15) is 6.42 Å². The van der Waals surface area contributed by atoms with Crippen LogP contribution in [0, 0.1) is 0 Å². The topological polar surface area (TPSA) is 34.1 Å². The molecule has 1 aliphatic rings. The molecule has 0 saturated heterocycles. The molecular weight excluding hydrogens is 124 g/mol. The molecule has 1 fully saturated rings. The van der Waals surface area contributed by atoms with Gasteiger partial charge in [-0.1, -0.05) is 12.2 Å². The Morgan fingerprint density at radius 1 is 1.75 bits per heavy atom. The zero-order valence-corrected chi connectivity index (χ0v) is 5.53. The Morgan fingerprint density at radius 3 is 2.12 bits per heavy atom. The molecule has 46 valence electrons. The lowest BCUT2D eigenvalue weighted by Gasteiger charge is -1.85. The molecule has 1 atom stereocenters. The van der Waals surface area contributed by atoms with Crippen molar-refractivity contribution in [3.05, 3.63) is 12.2 Å². The molecule has 1 aliphatic carbocycles. The molecule has 0 aromatic rings. The molecule has 3 heteroatoms. The lowest BCUT2D eigenvalue weighted by molar-refractivity contribution is 0.601. The highest BCUT2D eigenvalue weighted by Crippen LogP contribution is 2.33. The second kappa shape index (κ2) is 1.35. The molecule has 0 bridgehead atoms. The molecule has 1 unspecified atom stereocenters. The third-order valence-electron chi connectivity index (χ3n) is 1.26. The number of hydrogen-bond acceptors (Lipinski definition) is 2. The predicted octanol–water partition coefficient (Wildman–Crippen LogP) is 0.360. The van der Waals surface area contributed by atoms with E-state index in [-0.39, 0.29) is 5.25 Å². The van der Waals surface area contributed by atoms with Crippen molar-refractivity contribution in [2.24, 2.45) is 0 Å². The van der Waals surface area contributed by atoms with Crippen LogP contribution in [-0.4, -0.2) is 19.9 Å². The van der Waals surface area contributed by atoms with E-state index in [1.807, 2.05) is 0 Å². The van der Waals surface area contributed by atoms with Crippen LogP contribution in [0.3, 0.4) is 0 Å². The van der Waals surface area contributed by atoms with E-state index in [9.17, 15) is 8.42 Å². The Hall–Kier alpha value is -0.310. The van der Waals surface area contributed by atoms with Crippen molar-refractivity contribution in [3.63, 3.8) is 0 Å². The van der Waals surface area contributed by atoms with Gasteiger partial charge < -0.3 is 0 Å². The largest absolute Gasteiger partial charge is 0.228 e. The Labute approximate surface area is 49.1 Å². The minimum Gasteiger partial charge on any atom is -0.228 e. The summed E-state index contributed by atoms with van der Waals surface area (Å²) < 4.78 is 21.1.